The maximum absolute atomic E-state index is 12.9. The Morgan fingerprint density at radius 1 is 1.00 bits per heavy atom. The molecule has 0 radical (unpaired) electrons. The van der Waals surface area contributed by atoms with Crippen LogP contribution in [0.25, 0.3) is 5.69 Å². The Hall–Kier alpha value is -4.13. The minimum Gasteiger partial charge on any atom is -0.490 e. The van der Waals surface area contributed by atoms with Crippen LogP contribution >= 0.6 is 0 Å². The molecule has 0 aliphatic carbocycles. The van der Waals surface area contributed by atoms with Crippen molar-refractivity contribution < 1.29 is 14.3 Å². The van der Waals surface area contributed by atoms with Gasteiger partial charge >= 0.3 is 0 Å². The first-order valence-corrected chi connectivity index (χ1v) is 9.50. The second kappa shape index (κ2) is 8.91. The van der Waals surface area contributed by atoms with Crippen molar-refractivity contribution in [2.24, 2.45) is 0 Å². The highest BCUT2D eigenvalue weighted by atomic mass is 16.5. The molecule has 0 saturated heterocycles. The zero-order chi connectivity index (χ0) is 20.8. The number of para-hydroxylation sites is 1. The van der Waals surface area contributed by atoms with E-state index in [1.165, 1.54) is 0 Å². The van der Waals surface area contributed by atoms with Gasteiger partial charge in [-0.1, -0.05) is 24.3 Å². The highest BCUT2D eigenvalue weighted by molar-refractivity contribution is 6.04. The van der Waals surface area contributed by atoms with Crippen LogP contribution in [0.4, 0.5) is 5.69 Å². The number of carbonyl (C=O) groups excluding carboxylic acids is 1. The van der Waals surface area contributed by atoms with Crippen molar-refractivity contribution in [2.45, 2.75) is 6.92 Å². The molecule has 0 fully saturated rings. The Labute approximate surface area is 173 Å². The average Bonchev–Trinajstić information content (AvgIpc) is 3.20. The van der Waals surface area contributed by atoms with E-state index in [9.17, 15) is 4.79 Å². The summed E-state index contributed by atoms with van der Waals surface area (Å²) >= 11 is 0. The topological polar surface area (TPSA) is 78.3 Å². The summed E-state index contributed by atoms with van der Waals surface area (Å²) in [5.74, 6) is 1.31. The van der Waals surface area contributed by atoms with E-state index in [1.54, 1.807) is 53.6 Å². The van der Waals surface area contributed by atoms with E-state index in [0.717, 1.165) is 5.69 Å². The Morgan fingerprint density at radius 2 is 1.80 bits per heavy atom. The molecular weight excluding hydrogens is 380 g/mol. The molecule has 7 nitrogen and oxygen atoms in total. The molecule has 2 heterocycles. The van der Waals surface area contributed by atoms with Gasteiger partial charge in [0.15, 0.2) is 11.4 Å². The van der Waals surface area contributed by atoms with Crippen LogP contribution in [0, 0.1) is 0 Å². The second-order valence-corrected chi connectivity index (χ2v) is 6.32. The van der Waals surface area contributed by atoms with E-state index in [2.05, 4.69) is 15.4 Å². The van der Waals surface area contributed by atoms with Crippen molar-refractivity contribution in [3.05, 3.63) is 91.0 Å². The fourth-order valence-corrected chi connectivity index (χ4v) is 2.86. The van der Waals surface area contributed by atoms with Crippen molar-refractivity contribution in [2.75, 3.05) is 11.9 Å². The Balaban J connectivity index is 1.55. The standard InChI is InChI=1S/C23H20N4O3/c1-2-29-21-16-27(18-8-4-3-5-9-18)26-22(21)23(28)25-17-7-6-10-20(15-17)30-19-11-13-24-14-12-19/h3-16H,2H2,1H3,(H,25,28). The van der Waals surface area contributed by atoms with Crippen LogP contribution in [-0.4, -0.2) is 27.3 Å². The summed E-state index contributed by atoms with van der Waals surface area (Å²) in [4.78, 5) is 16.9. The highest BCUT2D eigenvalue weighted by Crippen LogP contribution is 2.25. The lowest BCUT2D eigenvalue weighted by Gasteiger charge is -2.09. The summed E-state index contributed by atoms with van der Waals surface area (Å²) in [5, 5.41) is 7.29. The highest BCUT2D eigenvalue weighted by Gasteiger charge is 2.19. The number of anilines is 1. The van der Waals surface area contributed by atoms with Crippen molar-refractivity contribution in [1.29, 1.82) is 0 Å². The summed E-state index contributed by atoms with van der Waals surface area (Å²) in [7, 11) is 0. The first-order valence-electron chi connectivity index (χ1n) is 9.50. The monoisotopic (exact) mass is 400 g/mol. The Kier molecular flexibility index (Phi) is 5.70. The number of aromatic nitrogens is 3. The minimum absolute atomic E-state index is 0.209. The summed E-state index contributed by atoms with van der Waals surface area (Å²) in [5.41, 5.74) is 1.63. The molecule has 1 N–H and O–H groups in total. The molecular formula is C23H20N4O3. The predicted octanol–water partition coefficient (Wildman–Crippen LogP) is 4.71. The molecule has 2 aromatic carbocycles. The molecule has 30 heavy (non-hydrogen) atoms. The molecule has 150 valence electrons. The van der Waals surface area contributed by atoms with Crippen LogP contribution in [0.2, 0.25) is 0 Å². The minimum atomic E-state index is -0.366. The SMILES string of the molecule is CCOc1cn(-c2ccccc2)nc1C(=O)Nc1cccc(Oc2ccncc2)c1. The van der Waals surface area contributed by atoms with Crippen molar-refractivity contribution in [3.8, 4) is 22.9 Å². The van der Waals surface area contributed by atoms with Crippen LogP contribution < -0.4 is 14.8 Å². The van der Waals surface area contributed by atoms with Gasteiger partial charge < -0.3 is 14.8 Å². The van der Waals surface area contributed by atoms with Crippen LogP contribution in [0.15, 0.2) is 85.3 Å². The number of pyridine rings is 1. The lowest BCUT2D eigenvalue weighted by Crippen LogP contribution is -2.14. The predicted molar refractivity (Wildman–Crippen MR) is 113 cm³/mol. The molecule has 1 amide bonds. The quantitative estimate of drug-likeness (QED) is 0.486. The first-order chi connectivity index (χ1) is 14.7. The van der Waals surface area contributed by atoms with Gasteiger partial charge in [0.2, 0.25) is 0 Å². The molecule has 0 aliphatic heterocycles. The lowest BCUT2D eigenvalue weighted by atomic mass is 10.3. The van der Waals surface area contributed by atoms with Gasteiger partial charge in [-0.3, -0.25) is 9.78 Å². The van der Waals surface area contributed by atoms with E-state index in [0.29, 0.717) is 29.5 Å². The van der Waals surface area contributed by atoms with E-state index in [4.69, 9.17) is 9.47 Å². The van der Waals surface area contributed by atoms with Gasteiger partial charge in [0.05, 0.1) is 18.5 Å². The number of benzene rings is 2. The Morgan fingerprint density at radius 3 is 2.57 bits per heavy atom. The fourth-order valence-electron chi connectivity index (χ4n) is 2.86. The third kappa shape index (κ3) is 4.47. The average molecular weight is 400 g/mol. The molecule has 0 unspecified atom stereocenters. The second-order valence-electron chi connectivity index (χ2n) is 6.32. The number of ether oxygens (including phenoxy) is 2. The number of carbonyl (C=O) groups is 1. The van der Waals surface area contributed by atoms with Gasteiger partial charge in [0, 0.05) is 24.1 Å². The summed E-state index contributed by atoms with van der Waals surface area (Å²) in [6.45, 7) is 2.29. The zero-order valence-corrected chi connectivity index (χ0v) is 16.4. The summed E-state index contributed by atoms with van der Waals surface area (Å²) in [6, 6.07) is 20.2. The maximum Gasteiger partial charge on any atom is 0.280 e. The van der Waals surface area contributed by atoms with Crippen LogP contribution in [0.5, 0.6) is 17.2 Å². The maximum atomic E-state index is 12.9. The lowest BCUT2D eigenvalue weighted by molar-refractivity contribution is 0.101. The van der Waals surface area contributed by atoms with Crippen molar-refractivity contribution in [1.82, 2.24) is 14.8 Å². The number of amides is 1. The molecule has 4 rings (SSSR count). The third-order valence-corrected chi connectivity index (χ3v) is 4.19. The van der Waals surface area contributed by atoms with Gasteiger partial charge in [0.1, 0.15) is 11.5 Å². The normalized spacial score (nSPS) is 10.4. The van der Waals surface area contributed by atoms with E-state index in [1.807, 2.05) is 43.3 Å². The van der Waals surface area contributed by atoms with Crippen LogP contribution in [-0.2, 0) is 0 Å². The molecule has 0 spiro atoms. The number of hydrogen-bond donors (Lipinski definition) is 1. The summed E-state index contributed by atoms with van der Waals surface area (Å²) in [6.07, 6.45) is 5.01. The first kappa shape index (κ1) is 19.2. The number of nitrogens with one attached hydrogen (secondary N) is 1. The number of nitrogens with zero attached hydrogens (tertiary/aromatic N) is 3. The van der Waals surface area contributed by atoms with E-state index < -0.39 is 0 Å². The molecule has 0 atom stereocenters. The van der Waals surface area contributed by atoms with Gasteiger partial charge in [0.25, 0.3) is 5.91 Å². The molecule has 7 heteroatoms. The van der Waals surface area contributed by atoms with Gasteiger partial charge in [-0.05, 0) is 43.3 Å². The van der Waals surface area contributed by atoms with Crippen molar-refractivity contribution in [3.63, 3.8) is 0 Å². The third-order valence-electron chi connectivity index (χ3n) is 4.19. The fraction of sp³-hybridized carbons (Fsp3) is 0.0870. The van der Waals surface area contributed by atoms with Gasteiger partial charge in [-0.15, -0.1) is 0 Å². The van der Waals surface area contributed by atoms with Gasteiger partial charge in [-0.25, -0.2) is 4.68 Å². The molecule has 0 saturated carbocycles. The van der Waals surface area contributed by atoms with Crippen LogP contribution in [0.1, 0.15) is 17.4 Å². The summed E-state index contributed by atoms with van der Waals surface area (Å²) < 4.78 is 13.0. The molecule has 0 bridgehead atoms. The smallest absolute Gasteiger partial charge is 0.280 e. The van der Waals surface area contributed by atoms with Gasteiger partial charge in [-0.2, -0.15) is 5.10 Å². The molecule has 4 aromatic rings. The number of rotatable bonds is 7. The Bertz CT molecular complexity index is 1130. The molecule has 2 aromatic heterocycles. The van der Waals surface area contributed by atoms with Crippen molar-refractivity contribution >= 4 is 11.6 Å². The van der Waals surface area contributed by atoms with Crippen LogP contribution in [0.3, 0.4) is 0 Å². The van der Waals surface area contributed by atoms with E-state index >= 15 is 0 Å². The molecule has 0 aliphatic rings. The number of hydrogen-bond acceptors (Lipinski definition) is 5. The van der Waals surface area contributed by atoms with E-state index in [-0.39, 0.29) is 11.6 Å². The zero-order valence-electron chi connectivity index (χ0n) is 16.4. The largest absolute Gasteiger partial charge is 0.490 e.